The van der Waals surface area contributed by atoms with Crippen molar-refractivity contribution < 1.29 is 14.7 Å². The molecule has 0 aromatic rings. The van der Waals surface area contributed by atoms with E-state index in [1.165, 1.54) is 0 Å². The second-order valence-corrected chi connectivity index (χ2v) is 7.09. The van der Waals surface area contributed by atoms with E-state index >= 15 is 0 Å². The Balaban J connectivity index is 2.45. The van der Waals surface area contributed by atoms with Crippen molar-refractivity contribution in [1.82, 2.24) is 4.90 Å². The molecule has 1 aliphatic rings. The first kappa shape index (κ1) is 16.0. The van der Waals surface area contributed by atoms with Crippen molar-refractivity contribution >= 4 is 11.9 Å². The summed E-state index contributed by atoms with van der Waals surface area (Å²) in [5.41, 5.74) is 0.249. The Morgan fingerprint density at radius 1 is 1.26 bits per heavy atom. The van der Waals surface area contributed by atoms with Crippen molar-refractivity contribution in [3.8, 4) is 0 Å². The molecule has 0 spiro atoms. The molecule has 1 N–H and O–H groups in total. The average Bonchev–Trinajstić information content (AvgIpc) is 2.26. The number of aliphatic carboxylic acids is 1. The summed E-state index contributed by atoms with van der Waals surface area (Å²) in [4.78, 5) is 25.0. The number of piperidine rings is 1. The van der Waals surface area contributed by atoms with Crippen molar-refractivity contribution in [1.29, 1.82) is 0 Å². The molecular formula is C15H27NO3. The van der Waals surface area contributed by atoms with Gasteiger partial charge in [-0.05, 0) is 30.6 Å². The van der Waals surface area contributed by atoms with Crippen LogP contribution in [0.1, 0.15) is 53.4 Å². The lowest BCUT2D eigenvalue weighted by Crippen LogP contribution is -2.45. The molecule has 0 saturated carbocycles. The van der Waals surface area contributed by atoms with Crippen LogP contribution in [0, 0.1) is 17.3 Å². The molecule has 1 fully saturated rings. The fraction of sp³-hybridized carbons (Fsp3) is 0.867. The van der Waals surface area contributed by atoms with Crippen LogP contribution in [0.5, 0.6) is 0 Å². The fourth-order valence-corrected chi connectivity index (χ4v) is 2.66. The lowest BCUT2D eigenvalue weighted by Gasteiger charge is -2.35. The first-order valence-electron chi connectivity index (χ1n) is 7.19. The number of likely N-dealkylation sites (tertiary alicyclic amines) is 1. The Hall–Kier alpha value is -1.06. The van der Waals surface area contributed by atoms with Crippen molar-refractivity contribution in [2.75, 3.05) is 13.1 Å². The van der Waals surface area contributed by atoms with Crippen LogP contribution >= 0.6 is 0 Å². The van der Waals surface area contributed by atoms with E-state index in [-0.39, 0.29) is 17.2 Å². The molecule has 110 valence electrons. The molecule has 1 saturated heterocycles. The van der Waals surface area contributed by atoms with Gasteiger partial charge in [-0.3, -0.25) is 9.59 Å². The van der Waals surface area contributed by atoms with E-state index in [0.717, 1.165) is 12.8 Å². The van der Waals surface area contributed by atoms with Gasteiger partial charge in [0.1, 0.15) is 0 Å². The highest BCUT2D eigenvalue weighted by Gasteiger charge is 2.31. The molecule has 1 aliphatic heterocycles. The normalized spacial score (nSPS) is 24.3. The van der Waals surface area contributed by atoms with Crippen LogP contribution in [0.3, 0.4) is 0 Å². The highest BCUT2D eigenvalue weighted by atomic mass is 16.4. The number of nitrogens with zero attached hydrogens (tertiary/aromatic N) is 1. The number of carboxylic acid groups (broad SMARTS) is 1. The molecule has 19 heavy (non-hydrogen) atoms. The van der Waals surface area contributed by atoms with E-state index in [2.05, 4.69) is 20.8 Å². The Morgan fingerprint density at radius 3 is 2.42 bits per heavy atom. The maximum atomic E-state index is 12.1. The highest BCUT2D eigenvalue weighted by Crippen LogP contribution is 2.25. The minimum absolute atomic E-state index is 0.113. The molecule has 0 aliphatic carbocycles. The Morgan fingerprint density at radius 2 is 1.89 bits per heavy atom. The van der Waals surface area contributed by atoms with Gasteiger partial charge in [0.05, 0.1) is 5.92 Å². The third-order valence-electron chi connectivity index (χ3n) is 3.68. The summed E-state index contributed by atoms with van der Waals surface area (Å²) >= 11 is 0. The smallest absolute Gasteiger partial charge is 0.308 e. The molecular weight excluding hydrogens is 242 g/mol. The van der Waals surface area contributed by atoms with Crippen LogP contribution in [-0.4, -0.2) is 35.0 Å². The van der Waals surface area contributed by atoms with E-state index < -0.39 is 11.9 Å². The monoisotopic (exact) mass is 269 g/mol. The third kappa shape index (κ3) is 5.62. The summed E-state index contributed by atoms with van der Waals surface area (Å²) in [5, 5.41) is 9.10. The van der Waals surface area contributed by atoms with E-state index in [1.807, 2.05) is 6.92 Å². The van der Waals surface area contributed by atoms with Crippen LogP contribution in [0.2, 0.25) is 0 Å². The number of rotatable bonds is 4. The summed E-state index contributed by atoms with van der Waals surface area (Å²) in [6, 6.07) is 0. The van der Waals surface area contributed by atoms with Crippen LogP contribution in [-0.2, 0) is 9.59 Å². The molecule has 2 atom stereocenters. The van der Waals surface area contributed by atoms with E-state index in [0.29, 0.717) is 25.9 Å². The topological polar surface area (TPSA) is 57.6 Å². The Labute approximate surface area is 116 Å². The number of hydrogen-bond donors (Lipinski definition) is 1. The average molecular weight is 269 g/mol. The van der Waals surface area contributed by atoms with Crippen LogP contribution in [0.4, 0.5) is 0 Å². The van der Waals surface area contributed by atoms with Crippen LogP contribution < -0.4 is 0 Å². The fourth-order valence-electron chi connectivity index (χ4n) is 2.66. The summed E-state index contributed by atoms with van der Waals surface area (Å²) in [7, 11) is 0. The number of amides is 1. The number of carbonyl (C=O) groups is 2. The molecule has 0 aromatic heterocycles. The van der Waals surface area contributed by atoms with Crippen molar-refractivity contribution in [2.24, 2.45) is 17.3 Å². The number of carbonyl (C=O) groups excluding carboxylic acids is 1. The van der Waals surface area contributed by atoms with Gasteiger partial charge < -0.3 is 10.0 Å². The van der Waals surface area contributed by atoms with Gasteiger partial charge in [0, 0.05) is 19.5 Å². The minimum atomic E-state index is -0.779. The van der Waals surface area contributed by atoms with Crippen LogP contribution in [0.25, 0.3) is 0 Å². The number of hydrogen-bond acceptors (Lipinski definition) is 2. The second kappa shape index (κ2) is 6.40. The molecule has 0 aromatic carbocycles. The number of carboxylic acids is 1. The zero-order valence-corrected chi connectivity index (χ0v) is 12.6. The van der Waals surface area contributed by atoms with Gasteiger partial charge in [-0.15, -0.1) is 0 Å². The predicted octanol–water partition coefficient (Wildman–Crippen LogP) is 2.77. The molecule has 1 amide bonds. The molecule has 0 radical (unpaired) electrons. The quantitative estimate of drug-likeness (QED) is 0.853. The first-order chi connectivity index (χ1) is 8.69. The molecule has 4 heteroatoms. The lowest BCUT2D eigenvalue weighted by molar-refractivity contribution is -0.146. The van der Waals surface area contributed by atoms with Crippen LogP contribution in [0.15, 0.2) is 0 Å². The summed E-state index contributed by atoms with van der Waals surface area (Å²) < 4.78 is 0. The summed E-state index contributed by atoms with van der Waals surface area (Å²) in [6.07, 6.45) is 3.12. The molecule has 4 nitrogen and oxygen atoms in total. The standard InChI is InChI=1S/C15H27NO3/c1-11-8-12(14(18)19)10-16(9-11)13(17)6-5-7-15(2,3)4/h11-12H,5-10H2,1-4H3,(H,18,19). The van der Waals surface area contributed by atoms with Gasteiger partial charge in [-0.1, -0.05) is 27.7 Å². The maximum absolute atomic E-state index is 12.1. The minimum Gasteiger partial charge on any atom is -0.481 e. The summed E-state index contributed by atoms with van der Waals surface area (Å²) in [6.45, 7) is 9.61. The lowest BCUT2D eigenvalue weighted by atomic mass is 9.88. The SMILES string of the molecule is CC1CC(C(=O)O)CN(C(=O)CCCC(C)(C)C)C1. The molecule has 1 rings (SSSR count). The van der Waals surface area contributed by atoms with E-state index in [4.69, 9.17) is 5.11 Å². The van der Waals surface area contributed by atoms with Crippen molar-refractivity contribution in [3.63, 3.8) is 0 Å². The van der Waals surface area contributed by atoms with Gasteiger partial charge in [-0.2, -0.15) is 0 Å². The molecule has 1 heterocycles. The van der Waals surface area contributed by atoms with Gasteiger partial charge >= 0.3 is 5.97 Å². The highest BCUT2D eigenvalue weighted by molar-refractivity contribution is 5.78. The van der Waals surface area contributed by atoms with Crippen molar-refractivity contribution in [3.05, 3.63) is 0 Å². The largest absolute Gasteiger partial charge is 0.481 e. The van der Waals surface area contributed by atoms with E-state index in [9.17, 15) is 9.59 Å². The predicted molar refractivity (Wildman–Crippen MR) is 74.8 cm³/mol. The Kier molecular flexibility index (Phi) is 5.39. The van der Waals surface area contributed by atoms with Gasteiger partial charge in [0.2, 0.25) is 5.91 Å². The second-order valence-electron chi connectivity index (χ2n) is 7.09. The maximum Gasteiger partial charge on any atom is 0.308 e. The van der Waals surface area contributed by atoms with Gasteiger partial charge in [0.15, 0.2) is 0 Å². The third-order valence-corrected chi connectivity index (χ3v) is 3.68. The van der Waals surface area contributed by atoms with Gasteiger partial charge in [0.25, 0.3) is 0 Å². The zero-order chi connectivity index (χ0) is 14.6. The van der Waals surface area contributed by atoms with Gasteiger partial charge in [-0.25, -0.2) is 0 Å². The summed E-state index contributed by atoms with van der Waals surface area (Å²) in [5.74, 6) is -0.780. The van der Waals surface area contributed by atoms with Crippen molar-refractivity contribution in [2.45, 2.75) is 53.4 Å². The Bertz CT molecular complexity index is 333. The molecule has 0 bridgehead atoms. The molecule has 2 unspecified atom stereocenters. The van der Waals surface area contributed by atoms with E-state index in [1.54, 1.807) is 4.90 Å². The zero-order valence-electron chi connectivity index (χ0n) is 12.6. The first-order valence-corrected chi connectivity index (χ1v) is 7.19.